The number of nitrogens with two attached hydrogens (primary N) is 1. The van der Waals surface area contributed by atoms with Crippen molar-refractivity contribution in [2.75, 3.05) is 14.1 Å². The van der Waals surface area contributed by atoms with Gasteiger partial charge in [-0.1, -0.05) is 6.07 Å². The first-order chi connectivity index (χ1) is 20.6. The third-order valence-corrected chi connectivity index (χ3v) is 8.73. The summed E-state index contributed by atoms with van der Waals surface area (Å²) >= 11 is 0. The molecule has 3 aliphatic carbocycles. The number of Topliss-reactive ketones (excluding diaryl/α,β-unsaturated/α-hetero) is 2. The first-order valence-electron chi connectivity index (χ1n) is 14.0. The number of carbonyl (C=O) groups is 3. The van der Waals surface area contributed by atoms with Gasteiger partial charge < -0.3 is 30.8 Å². The number of pyridine rings is 1. The van der Waals surface area contributed by atoms with Gasteiger partial charge in [0.25, 0.3) is 5.91 Å². The quantitative estimate of drug-likeness (QED) is 0.205. The van der Waals surface area contributed by atoms with Gasteiger partial charge in [0, 0.05) is 30.1 Å². The number of fused-ring (bicyclic) bond motifs is 3. The number of primary amides is 1. The first kappa shape index (κ1) is 28.4. The Morgan fingerprint density at radius 3 is 2.58 bits per heavy atom. The number of phenolic OH excluding ortho intramolecular Hbond substituents is 1. The zero-order valence-corrected chi connectivity index (χ0v) is 23.7. The Kier molecular flexibility index (Phi) is 7.15. The van der Waals surface area contributed by atoms with Gasteiger partial charge in [0.05, 0.1) is 24.1 Å². The van der Waals surface area contributed by atoms with Crippen LogP contribution in [-0.2, 0) is 33.9 Å². The van der Waals surface area contributed by atoms with Gasteiger partial charge in [-0.15, -0.1) is 0 Å². The van der Waals surface area contributed by atoms with Crippen LogP contribution in [0.1, 0.15) is 28.9 Å². The van der Waals surface area contributed by atoms with Crippen molar-refractivity contribution < 1.29 is 34.1 Å². The number of aromatic hydroxyl groups is 1. The molecule has 0 spiro atoms. The maximum Gasteiger partial charge on any atom is 0.255 e. The molecule has 0 bridgehead atoms. The van der Waals surface area contributed by atoms with Crippen LogP contribution in [-0.4, -0.2) is 62.8 Å². The van der Waals surface area contributed by atoms with Crippen LogP contribution in [0.5, 0.6) is 5.75 Å². The Bertz CT molecular complexity index is 1710. The van der Waals surface area contributed by atoms with Gasteiger partial charge in [0.1, 0.15) is 34.4 Å². The van der Waals surface area contributed by atoms with Crippen molar-refractivity contribution in [2.45, 2.75) is 32.0 Å². The van der Waals surface area contributed by atoms with Crippen LogP contribution in [0.4, 0.5) is 0 Å². The van der Waals surface area contributed by atoms with Gasteiger partial charge in [-0.25, -0.2) is 0 Å². The number of hydrogen-bond donors (Lipinski definition) is 5. The number of aliphatic hydroxyl groups is 2. The molecular weight excluding hydrogens is 552 g/mol. The second-order valence-electron chi connectivity index (χ2n) is 11.5. The summed E-state index contributed by atoms with van der Waals surface area (Å²) in [6, 6.07) is 9.87. The standard InChI is InChI=1S/C32H32N4O7/c1-36(2)27-20-11-16-10-19-18(22-8-5-17(43-22)14-35-13-15-4-3-9-34-12-15)6-7-21(37)24(19)28(38)23(16)29(39)25(20)30(40)26(31(27)41)32(33)42/h3-9,12,16,20,25,27,35,37-38,41H,10-11,13-14H2,1-2H3,(H2,33,42)/t16?,20?,25?,27-/m0/s1. The molecule has 2 aromatic heterocycles. The van der Waals surface area contributed by atoms with Crippen LogP contribution in [0.3, 0.4) is 0 Å². The average molecular weight is 585 g/mol. The van der Waals surface area contributed by atoms with Crippen molar-refractivity contribution in [1.82, 2.24) is 15.2 Å². The topological polar surface area (TPSA) is 179 Å². The summed E-state index contributed by atoms with van der Waals surface area (Å²) in [5.41, 5.74) is 7.31. The zero-order valence-electron chi connectivity index (χ0n) is 23.7. The lowest BCUT2D eigenvalue weighted by Crippen LogP contribution is -2.55. The number of ketones is 2. The van der Waals surface area contributed by atoms with E-state index in [-0.39, 0.29) is 29.7 Å². The number of phenols is 1. The number of allylic oxidation sites excluding steroid dienone is 1. The average Bonchev–Trinajstić information content (AvgIpc) is 3.41. The Labute approximate surface area is 247 Å². The Morgan fingerprint density at radius 2 is 1.88 bits per heavy atom. The molecule has 0 saturated heterocycles. The van der Waals surface area contributed by atoms with Crippen LogP contribution in [0, 0.1) is 17.8 Å². The maximum atomic E-state index is 13.9. The molecule has 1 aromatic carbocycles. The lowest BCUT2D eigenvalue weighted by atomic mass is 9.59. The summed E-state index contributed by atoms with van der Waals surface area (Å²) in [4.78, 5) is 45.2. The van der Waals surface area contributed by atoms with Crippen molar-refractivity contribution in [2.24, 2.45) is 23.5 Å². The highest BCUT2D eigenvalue weighted by Crippen LogP contribution is 2.51. The van der Waals surface area contributed by atoms with Crippen molar-refractivity contribution in [3.05, 3.63) is 88.1 Å². The van der Waals surface area contributed by atoms with E-state index in [2.05, 4.69) is 10.3 Å². The molecular formula is C32H32N4O7. The number of aliphatic hydroxyl groups excluding tert-OH is 2. The van der Waals surface area contributed by atoms with Gasteiger partial charge in [0.15, 0.2) is 11.6 Å². The highest BCUT2D eigenvalue weighted by atomic mass is 16.3. The molecule has 0 aliphatic heterocycles. The van der Waals surface area contributed by atoms with E-state index in [4.69, 9.17) is 10.2 Å². The predicted octanol–water partition coefficient (Wildman–Crippen LogP) is 2.79. The van der Waals surface area contributed by atoms with Gasteiger partial charge in [-0.2, -0.15) is 0 Å². The molecule has 11 nitrogen and oxygen atoms in total. The van der Waals surface area contributed by atoms with E-state index < -0.39 is 58.4 Å². The minimum atomic E-state index is -1.29. The van der Waals surface area contributed by atoms with Gasteiger partial charge in [-0.05, 0) is 80.2 Å². The molecule has 3 aromatic rings. The van der Waals surface area contributed by atoms with Gasteiger partial charge in [0.2, 0.25) is 0 Å². The van der Waals surface area contributed by atoms with E-state index in [9.17, 15) is 29.7 Å². The van der Waals surface area contributed by atoms with Crippen LogP contribution < -0.4 is 11.1 Å². The monoisotopic (exact) mass is 584 g/mol. The molecule has 6 rings (SSSR count). The summed E-state index contributed by atoms with van der Waals surface area (Å²) in [6.07, 6.45) is 4.06. The fraction of sp³-hybridized carbons (Fsp3) is 0.312. The number of furan rings is 1. The molecule has 2 heterocycles. The third kappa shape index (κ3) is 4.70. The summed E-state index contributed by atoms with van der Waals surface area (Å²) < 4.78 is 6.14. The molecule has 6 N–H and O–H groups in total. The van der Waals surface area contributed by atoms with E-state index in [1.54, 1.807) is 37.5 Å². The minimum Gasteiger partial charge on any atom is -0.510 e. The lowest BCUT2D eigenvalue weighted by molar-refractivity contribution is -0.136. The number of likely N-dealkylation sites (N-methyl/N-ethyl adjacent to an activating group) is 1. The number of nitrogens with one attached hydrogen (secondary N) is 1. The molecule has 1 saturated carbocycles. The van der Waals surface area contributed by atoms with Crippen molar-refractivity contribution >= 4 is 23.2 Å². The highest BCUT2D eigenvalue weighted by molar-refractivity contribution is 6.28. The molecule has 11 heteroatoms. The third-order valence-electron chi connectivity index (χ3n) is 8.73. The minimum absolute atomic E-state index is 0.0389. The van der Waals surface area contributed by atoms with E-state index in [1.165, 1.54) is 6.07 Å². The summed E-state index contributed by atoms with van der Waals surface area (Å²) in [5, 5.41) is 36.5. The number of carbonyl (C=O) groups excluding carboxylic acids is 3. The van der Waals surface area contributed by atoms with E-state index in [0.29, 0.717) is 35.7 Å². The zero-order chi connectivity index (χ0) is 30.6. The Hall–Kier alpha value is -4.74. The number of hydrogen-bond acceptors (Lipinski definition) is 10. The molecule has 1 amide bonds. The molecule has 3 aliphatic rings. The second-order valence-corrected chi connectivity index (χ2v) is 11.5. The fourth-order valence-electron chi connectivity index (χ4n) is 6.95. The largest absolute Gasteiger partial charge is 0.510 e. The molecule has 43 heavy (non-hydrogen) atoms. The van der Waals surface area contributed by atoms with E-state index >= 15 is 0 Å². The predicted molar refractivity (Wildman–Crippen MR) is 155 cm³/mol. The molecule has 222 valence electrons. The maximum absolute atomic E-state index is 13.9. The lowest BCUT2D eigenvalue weighted by Gasteiger charge is -2.46. The van der Waals surface area contributed by atoms with Crippen molar-refractivity contribution in [3.63, 3.8) is 0 Å². The van der Waals surface area contributed by atoms with E-state index in [1.807, 2.05) is 24.3 Å². The second kappa shape index (κ2) is 10.8. The summed E-state index contributed by atoms with van der Waals surface area (Å²) in [6.45, 7) is 1.08. The fourth-order valence-corrected chi connectivity index (χ4v) is 6.95. The normalized spacial score (nSPS) is 23.3. The van der Waals surface area contributed by atoms with Crippen molar-refractivity contribution in [1.29, 1.82) is 0 Å². The van der Waals surface area contributed by atoms with Crippen LogP contribution in [0.25, 0.3) is 17.1 Å². The van der Waals surface area contributed by atoms with Gasteiger partial charge in [-0.3, -0.25) is 24.3 Å². The number of amides is 1. The smallest absolute Gasteiger partial charge is 0.255 e. The summed E-state index contributed by atoms with van der Waals surface area (Å²) in [5.74, 6) is -4.85. The number of benzene rings is 1. The SMILES string of the molecule is CN(C)[C@@H]1C(O)=C(C(N)=O)C(=O)C2C(=O)C3=C(O)c4c(O)ccc(-c5ccc(CNCc6cccnc6)o5)c4CC3CC21. The first-order valence-corrected chi connectivity index (χ1v) is 14.0. The number of rotatable bonds is 7. The Balaban J connectivity index is 1.34. The molecule has 1 fully saturated rings. The number of aromatic nitrogens is 1. The van der Waals surface area contributed by atoms with Crippen LogP contribution >= 0.6 is 0 Å². The summed E-state index contributed by atoms with van der Waals surface area (Å²) in [7, 11) is 3.37. The number of nitrogens with zero attached hydrogens (tertiary/aromatic N) is 2. The molecule has 3 unspecified atom stereocenters. The highest BCUT2D eigenvalue weighted by Gasteiger charge is 2.55. The van der Waals surface area contributed by atoms with Crippen LogP contribution in [0.15, 0.2) is 70.1 Å². The van der Waals surface area contributed by atoms with Gasteiger partial charge >= 0.3 is 0 Å². The Morgan fingerprint density at radius 1 is 1.09 bits per heavy atom. The van der Waals surface area contributed by atoms with Crippen molar-refractivity contribution in [3.8, 4) is 17.1 Å². The van der Waals surface area contributed by atoms with Crippen LogP contribution in [0.2, 0.25) is 0 Å². The molecule has 0 radical (unpaired) electrons. The molecule has 4 atom stereocenters. The van der Waals surface area contributed by atoms with E-state index in [0.717, 1.165) is 5.56 Å².